The maximum absolute atomic E-state index is 12.9. The molecule has 10 heteroatoms. The van der Waals surface area contributed by atoms with Gasteiger partial charge in [-0.2, -0.15) is 13.2 Å². The number of nitrogens with zero attached hydrogens (tertiary/aromatic N) is 1. The van der Waals surface area contributed by atoms with Crippen LogP contribution in [0.1, 0.15) is 12.8 Å². The van der Waals surface area contributed by atoms with Crippen LogP contribution in [0.2, 0.25) is 0 Å². The first-order valence-corrected chi connectivity index (χ1v) is 10.3. The number of ether oxygens (including phenoxy) is 2. The van der Waals surface area contributed by atoms with Gasteiger partial charge in [-0.15, -0.1) is 0 Å². The summed E-state index contributed by atoms with van der Waals surface area (Å²) in [6.45, 7) is -0.867. The van der Waals surface area contributed by atoms with Crippen LogP contribution in [0.3, 0.4) is 0 Å². The fourth-order valence-electron chi connectivity index (χ4n) is 3.05. The van der Waals surface area contributed by atoms with Gasteiger partial charge in [0.1, 0.15) is 28.5 Å². The third-order valence-electron chi connectivity index (χ3n) is 4.50. The van der Waals surface area contributed by atoms with E-state index < -0.39 is 29.8 Å². The lowest BCUT2D eigenvalue weighted by molar-refractivity contribution is -0.153. The largest absolute Gasteiger partial charge is 0.497 e. The second kappa shape index (κ2) is 9.48. The molecule has 162 valence electrons. The summed E-state index contributed by atoms with van der Waals surface area (Å²) in [5.74, 6) is 0.376. The Hall–Kier alpha value is -2.59. The highest BCUT2D eigenvalue weighted by Gasteiger charge is 2.35. The Bertz CT molecular complexity index is 888. The number of methoxy groups -OCH3 is 1. The molecule has 0 aliphatic carbocycles. The van der Waals surface area contributed by atoms with E-state index in [0.29, 0.717) is 29.3 Å². The number of hydrogen-bond acceptors (Lipinski definition) is 4. The molecule has 1 aliphatic heterocycles. The molecule has 0 bridgehead atoms. The van der Waals surface area contributed by atoms with Crippen LogP contribution in [0.5, 0.6) is 11.5 Å². The fourth-order valence-corrected chi connectivity index (χ4v) is 4.42. The zero-order chi connectivity index (χ0) is 21.7. The number of halogens is 3. The second-order valence-electron chi connectivity index (χ2n) is 6.64. The lowest BCUT2D eigenvalue weighted by atomic mass is 10.2. The Kier molecular flexibility index (Phi) is 6.99. The van der Waals surface area contributed by atoms with Gasteiger partial charge in [0.15, 0.2) is 6.61 Å². The molecule has 1 aliphatic rings. The number of carbonyl (C=O) groups excluding carboxylic acids is 1. The van der Waals surface area contributed by atoms with Gasteiger partial charge in [0.2, 0.25) is 5.91 Å². The Balaban J connectivity index is 1.62. The predicted molar refractivity (Wildman–Crippen MR) is 106 cm³/mol. The maximum Gasteiger partial charge on any atom is 0.422 e. The monoisotopic (exact) mass is 442 g/mol. The highest BCUT2D eigenvalue weighted by atomic mass is 32.2. The zero-order valence-corrected chi connectivity index (χ0v) is 17.0. The van der Waals surface area contributed by atoms with E-state index in [1.54, 1.807) is 35.7 Å². The fraction of sp³-hybridized carbons (Fsp3) is 0.350. The molecule has 2 aromatic rings. The van der Waals surface area contributed by atoms with E-state index in [4.69, 9.17) is 4.74 Å². The maximum atomic E-state index is 12.9. The van der Waals surface area contributed by atoms with E-state index in [1.807, 2.05) is 0 Å². The van der Waals surface area contributed by atoms with Crippen LogP contribution in [0.4, 0.5) is 18.9 Å². The van der Waals surface area contributed by atoms with Crippen molar-refractivity contribution in [1.29, 1.82) is 0 Å². The van der Waals surface area contributed by atoms with Crippen molar-refractivity contribution >= 4 is 22.6 Å². The van der Waals surface area contributed by atoms with Crippen molar-refractivity contribution in [1.82, 2.24) is 4.31 Å². The smallest absolute Gasteiger partial charge is 0.422 e. The molecule has 1 N–H and O–H groups in total. The Morgan fingerprint density at radius 2 is 1.77 bits per heavy atom. The van der Waals surface area contributed by atoms with Crippen molar-refractivity contribution in [3.63, 3.8) is 0 Å². The number of hydrogen-bond donors (Lipinski definition) is 1. The van der Waals surface area contributed by atoms with Crippen molar-refractivity contribution < 1.29 is 31.6 Å². The predicted octanol–water partition coefficient (Wildman–Crippen LogP) is 3.76. The number of amides is 1. The molecule has 3 rings (SSSR count). The molecule has 0 radical (unpaired) electrons. The third-order valence-corrected chi connectivity index (χ3v) is 6.04. The quantitative estimate of drug-likeness (QED) is 0.709. The molecule has 1 heterocycles. The van der Waals surface area contributed by atoms with E-state index in [-0.39, 0.29) is 11.7 Å². The van der Waals surface area contributed by atoms with Crippen molar-refractivity contribution in [3.05, 3.63) is 48.5 Å². The Labute approximate surface area is 174 Å². The standard InChI is InChI=1S/C20H21F3N2O4S/c1-28-15-8-10-17(11-9-15)30(27)25-12-2-3-18(25)19(26)24-14-4-6-16(7-5-14)29-13-20(21,22)23/h4-11,18H,2-3,12-13H2,1H3,(H,24,26)/t18-,30+/m0/s1. The highest BCUT2D eigenvalue weighted by Crippen LogP contribution is 2.26. The van der Waals surface area contributed by atoms with Gasteiger partial charge in [0, 0.05) is 12.2 Å². The topological polar surface area (TPSA) is 67.9 Å². The molecule has 0 unspecified atom stereocenters. The lowest BCUT2D eigenvalue weighted by Crippen LogP contribution is -2.40. The molecular weight excluding hydrogens is 421 g/mol. The zero-order valence-electron chi connectivity index (χ0n) is 16.1. The van der Waals surface area contributed by atoms with E-state index >= 15 is 0 Å². The molecule has 0 spiro atoms. The number of nitrogens with one attached hydrogen (secondary N) is 1. The van der Waals surface area contributed by atoms with E-state index in [0.717, 1.165) is 6.42 Å². The second-order valence-corrected chi connectivity index (χ2v) is 8.08. The van der Waals surface area contributed by atoms with Gasteiger partial charge >= 0.3 is 6.18 Å². The van der Waals surface area contributed by atoms with Gasteiger partial charge in [-0.1, -0.05) is 0 Å². The molecule has 0 saturated carbocycles. The number of alkyl halides is 3. The molecule has 0 aromatic heterocycles. The minimum Gasteiger partial charge on any atom is -0.497 e. The molecule has 1 saturated heterocycles. The summed E-state index contributed by atoms with van der Waals surface area (Å²) >= 11 is 0. The molecule has 6 nitrogen and oxygen atoms in total. The molecule has 2 atom stereocenters. The minimum absolute atomic E-state index is 0.0495. The molecule has 1 fully saturated rings. The summed E-state index contributed by atoms with van der Waals surface area (Å²) in [6, 6.07) is 11.9. The average molecular weight is 442 g/mol. The summed E-state index contributed by atoms with van der Waals surface area (Å²) in [4.78, 5) is 13.3. The van der Waals surface area contributed by atoms with Gasteiger partial charge in [-0.25, -0.2) is 8.51 Å². The van der Waals surface area contributed by atoms with Crippen molar-refractivity contribution in [2.45, 2.75) is 30.0 Å². The van der Waals surface area contributed by atoms with Crippen LogP contribution in [-0.4, -0.2) is 46.9 Å². The normalized spacial score (nSPS) is 18.1. The van der Waals surface area contributed by atoms with Gasteiger partial charge in [-0.05, 0) is 61.4 Å². The van der Waals surface area contributed by atoms with Crippen LogP contribution in [0.25, 0.3) is 0 Å². The summed E-state index contributed by atoms with van der Waals surface area (Å²) in [7, 11) is 0.0413. The Morgan fingerprint density at radius 1 is 1.13 bits per heavy atom. The molecular formula is C20H21F3N2O4S. The minimum atomic E-state index is -4.42. The number of anilines is 1. The third kappa shape index (κ3) is 5.73. The van der Waals surface area contributed by atoms with Crippen LogP contribution in [-0.2, 0) is 15.8 Å². The van der Waals surface area contributed by atoms with E-state index in [9.17, 15) is 22.2 Å². The first-order chi connectivity index (χ1) is 14.3. The van der Waals surface area contributed by atoms with Gasteiger partial charge < -0.3 is 14.8 Å². The van der Waals surface area contributed by atoms with Gasteiger partial charge in [-0.3, -0.25) is 4.79 Å². The number of benzene rings is 2. The summed E-state index contributed by atoms with van der Waals surface area (Å²) in [5, 5.41) is 2.73. The lowest BCUT2D eigenvalue weighted by Gasteiger charge is -2.22. The average Bonchev–Trinajstić information content (AvgIpc) is 3.22. The summed E-state index contributed by atoms with van der Waals surface area (Å²) in [5.41, 5.74) is 0.418. The van der Waals surface area contributed by atoms with Gasteiger partial charge in [0.25, 0.3) is 0 Å². The first-order valence-electron chi connectivity index (χ1n) is 9.20. The summed E-state index contributed by atoms with van der Waals surface area (Å²) < 4.78 is 60.9. The number of rotatable bonds is 7. The van der Waals surface area contributed by atoms with E-state index in [2.05, 4.69) is 10.1 Å². The van der Waals surface area contributed by atoms with Crippen LogP contribution in [0, 0.1) is 0 Å². The van der Waals surface area contributed by atoms with Crippen LogP contribution < -0.4 is 14.8 Å². The van der Waals surface area contributed by atoms with Crippen molar-refractivity contribution in [2.75, 3.05) is 25.6 Å². The molecule has 30 heavy (non-hydrogen) atoms. The molecule has 2 aromatic carbocycles. The van der Waals surface area contributed by atoms with Crippen molar-refractivity contribution in [2.24, 2.45) is 0 Å². The summed E-state index contributed by atoms with van der Waals surface area (Å²) in [6.07, 6.45) is -3.14. The van der Waals surface area contributed by atoms with Crippen LogP contribution in [0.15, 0.2) is 53.4 Å². The van der Waals surface area contributed by atoms with Crippen LogP contribution >= 0.6 is 0 Å². The Morgan fingerprint density at radius 3 is 2.37 bits per heavy atom. The highest BCUT2D eigenvalue weighted by molar-refractivity contribution is 7.82. The number of carbonyl (C=O) groups is 1. The van der Waals surface area contributed by atoms with Gasteiger partial charge in [0.05, 0.1) is 12.0 Å². The van der Waals surface area contributed by atoms with E-state index in [1.165, 1.54) is 24.3 Å². The van der Waals surface area contributed by atoms with Crippen molar-refractivity contribution in [3.8, 4) is 11.5 Å². The SMILES string of the molecule is COc1ccc([S@@](=O)N2CCC[C@H]2C(=O)Nc2ccc(OCC(F)(F)F)cc2)cc1. The molecule has 1 amide bonds. The first kappa shape index (κ1) is 22.1.